The largest absolute Gasteiger partial charge is 0.316 e. The number of halogens is 1. The molecule has 0 unspecified atom stereocenters. The maximum absolute atomic E-state index is 12.9. The van der Waals surface area contributed by atoms with Crippen LogP contribution in [0.1, 0.15) is 11.1 Å². The summed E-state index contributed by atoms with van der Waals surface area (Å²) in [4.78, 5) is 0. The van der Waals surface area contributed by atoms with Gasteiger partial charge in [-0.15, -0.1) is 0 Å². The van der Waals surface area contributed by atoms with E-state index in [1.165, 1.54) is 17.2 Å². The van der Waals surface area contributed by atoms with E-state index in [1.54, 1.807) is 6.07 Å². The van der Waals surface area contributed by atoms with Gasteiger partial charge in [-0.2, -0.15) is 0 Å². The summed E-state index contributed by atoms with van der Waals surface area (Å²) in [6, 6.07) is 5.00. The summed E-state index contributed by atoms with van der Waals surface area (Å²) >= 11 is 0. The first-order chi connectivity index (χ1) is 6.31. The number of hydrogen-bond acceptors (Lipinski definition) is 1. The fourth-order valence-corrected chi connectivity index (χ4v) is 1.73. The molecular formula is C11H12FN. The van der Waals surface area contributed by atoms with E-state index in [0.717, 1.165) is 18.5 Å². The molecule has 2 rings (SSSR count). The maximum Gasteiger partial charge on any atom is 0.123 e. The molecule has 1 aliphatic rings. The minimum Gasteiger partial charge on any atom is -0.316 e. The highest BCUT2D eigenvalue weighted by molar-refractivity contribution is 5.74. The number of likely N-dealkylation sites (N-methyl/N-ethyl adjacent to an activating group) is 1. The van der Waals surface area contributed by atoms with Crippen LogP contribution >= 0.6 is 0 Å². The van der Waals surface area contributed by atoms with Crippen LogP contribution in [0.5, 0.6) is 0 Å². The van der Waals surface area contributed by atoms with Crippen LogP contribution in [-0.2, 0) is 6.42 Å². The molecule has 1 nitrogen and oxygen atoms in total. The van der Waals surface area contributed by atoms with Crippen molar-refractivity contribution in [3.63, 3.8) is 0 Å². The molecule has 0 aromatic heterocycles. The fourth-order valence-electron chi connectivity index (χ4n) is 1.73. The van der Waals surface area contributed by atoms with Gasteiger partial charge in [-0.05, 0) is 42.3 Å². The third kappa shape index (κ3) is 1.49. The summed E-state index contributed by atoms with van der Waals surface area (Å²) < 4.78 is 12.9. The van der Waals surface area contributed by atoms with Crippen molar-refractivity contribution in [3.8, 4) is 0 Å². The minimum atomic E-state index is -0.150. The Bertz CT molecular complexity index is 355. The topological polar surface area (TPSA) is 12.0 Å². The Hall–Kier alpha value is -1.15. The quantitative estimate of drug-likeness (QED) is 0.728. The Morgan fingerprint density at radius 1 is 1.46 bits per heavy atom. The Labute approximate surface area is 77.3 Å². The zero-order valence-electron chi connectivity index (χ0n) is 7.60. The monoisotopic (exact) mass is 177 g/mol. The van der Waals surface area contributed by atoms with Gasteiger partial charge < -0.3 is 5.32 Å². The Morgan fingerprint density at radius 2 is 2.31 bits per heavy atom. The maximum atomic E-state index is 12.9. The number of fused-ring (bicyclic) bond motifs is 1. The highest BCUT2D eigenvalue weighted by Crippen LogP contribution is 2.27. The highest BCUT2D eigenvalue weighted by Gasteiger charge is 2.13. The molecule has 68 valence electrons. The summed E-state index contributed by atoms with van der Waals surface area (Å²) in [6.07, 6.45) is 3.09. The molecule has 1 aliphatic carbocycles. The Kier molecular flexibility index (Phi) is 2.15. The SMILES string of the molecule is CNCC1=CCc2ccc(F)cc21. The van der Waals surface area contributed by atoms with Crippen molar-refractivity contribution in [3.05, 3.63) is 41.2 Å². The average Bonchev–Trinajstić information content (AvgIpc) is 2.49. The van der Waals surface area contributed by atoms with Crippen LogP contribution < -0.4 is 5.32 Å². The minimum absolute atomic E-state index is 0.150. The van der Waals surface area contributed by atoms with Crippen LogP contribution in [0, 0.1) is 5.82 Å². The lowest BCUT2D eigenvalue weighted by Gasteiger charge is -2.04. The van der Waals surface area contributed by atoms with Gasteiger partial charge in [-0.1, -0.05) is 12.1 Å². The van der Waals surface area contributed by atoms with E-state index < -0.39 is 0 Å². The molecule has 0 fully saturated rings. The fraction of sp³-hybridized carbons (Fsp3) is 0.273. The van der Waals surface area contributed by atoms with Gasteiger partial charge >= 0.3 is 0 Å². The smallest absolute Gasteiger partial charge is 0.123 e. The lowest BCUT2D eigenvalue weighted by Crippen LogP contribution is -2.08. The van der Waals surface area contributed by atoms with Gasteiger partial charge in [0.25, 0.3) is 0 Å². The summed E-state index contributed by atoms with van der Waals surface area (Å²) in [5, 5.41) is 3.08. The van der Waals surface area contributed by atoms with Crippen molar-refractivity contribution < 1.29 is 4.39 Å². The van der Waals surface area contributed by atoms with Gasteiger partial charge in [0.2, 0.25) is 0 Å². The first-order valence-electron chi connectivity index (χ1n) is 4.43. The second-order valence-electron chi connectivity index (χ2n) is 3.27. The first kappa shape index (κ1) is 8.45. The van der Waals surface area contributed by atoms with Crippen molar-refractivity contribution in [2.24, 2.45) is 0 Å². The lowest BCUT2D eigenvalue weighted by atomic mass is 10.1. The molecule has 1 aromatic rings. The van der Waals surface area contributed by atoms with Crippen molar-refractivity contribution in [2.75, 3.05) is 13.6 Å². The van der Waals surface area contributed by atoms with E-state index in [2.05, 4.69) is 11.4 Å². The number of benzene rings is 1. The lowest BCUT2D eigenvalue weighted by molar-refractivity contribution is 0.627. The van der Waals surface area contributed by atoms with E-state index in [4.69, 9.17) is 0 Å². The first-order valence-corrected chi connectivity index (χ1v) is 4.43. The summed E-state index contributed by atoms with van der Waals surface area (Å²) in [6.45, 7) is 0.816. The van der Waals surface area contributed by atoms with Gasteiger partial charge in [-0.3, -0.25) is 0 Å². The molecule has 0 saturated carbocycles. The van der Waals surface area contributed by atoms with E-state index >= 15 is 0 Å². The van der Waals surface area contributed by atoms with Gasteiger partial charge in [0.15, 0.2) is 0 Å². The molecule has 0 amide bonds. The molecule has 13 heavy (non-hydrogen) atoms. The van der Waals surface area contributed by atoms with Crippen LogP contribution in [0.25, 0.3) is 5.57 Å². The van der Waals surface area contributed by atoms with Crippen molar-refractivity contribution in [1.29, 1.82) is 0 Å². The molecule has 0 aliphatic heterocycles. The van der Waals surface area contributed by atoms with Crippen LogP contribution in [0.4, 0.5) is 4.39 Å². The number of allylic oxidation sites excluding steroid dienone is 1. The van der Waals surface area contributed by atoms with Gasteiger partial charge in [0.1, 0.15) is 5.82 Å². The van der Waals surface area contributed by atoms with E-state index in [-0.39, 0.29) is 5.82 Å². The summed E-state index contributed by atoms with van der Waals surface area (Å²) in [5.41, 5.74) is 3.50. The zero-order valence-corrected chi connectivity index (χ0v) is 7.60. The normalized spacial score (nSPS) is 14.2. The molecule has 2 heteroatoms. The zero-order chi connectivity index (χ0) is 9.26. The predicted molar refractivity (Wildman–Crippen MR) is 52.0 cm³/mol. The van der Waals surface area contributed by atoms with Gasteiger partial charge in [-0.25, -0.2) is 4.39 Å². The molecule has 1 aromatic carbocycles. The Morgan fingerprint density at radius 3 is 3.08 bits per heavy atom. The molecule has 0 saturated heterocycles. The molecule has 1 N–H and O–H groups in total. The average molecular weight is 177 g/mol. The van der Waals surface area contributed by atoms with Gasteiger partial charge in [0.05, 0.1) is 0 Å². The second-order valence-corrected chi connectivity index (χ2v) is 3.27. The standard InChI is InChI=1S/C11H12FN/c1-13-7-9-3-2-8-4-5-10(12)6-11(8)9/h3-6,13H,2,7H2,1H3. The van der Waals surface area contributed by atoms with Crippen LogP contribution in [0.3, 0.4) is 0 Å². The van der Waals surface area contributed by atoms with Crippen LogP contribution in [-0.4, -0.2) is 13.6 Å². The highest BCUT2D eigenvalue weighted by atomic mass is 19.1. The van der Waals surface area contributed by atoms with Crippen LogP contribution in [0.2, 0.25) is 0 Å². The van der Waals surface area contributed by atoms with Crippen molar-refractivity contribution in [2.45, 2.75) is 6.42 Å². The van der Waals surface area contributed by atoms with Crippen LogP contribution in [0.15, 0.2) is 24.3 Å². The number of nitrogens with one attached hydrogen (secondary N) is 1. The molecular weight excluding hydrogens is 165 g/mol. The molecule has 0 spiro atoms. The third-order valence-electron chi connectivity index (χ3n) is 2.35. The van der Waals surface area contributed by atoms with E-state index in [1.807, 2.05) is 13.1 Å². The van der Waals surface area contributed by atoms with E-state index in [9.17, 15) is 4.39 Å². The number of rotatable bonds is 2. The molecule has 0 heterocycles. The Balaban J connectivity index is 2.36. The summed E-state index contributed by atoms with van der Waals surface area (Å²) in [7, 11) is 1.90. The summed E-state index contributed by atoms with van der Waals surface area (Å²) in [5.74, 6) is -0.150. The third-order valence-corrected chi connectivity index (χ3v) is 2.35. The van der Waals surface area contributed by atoms with Crippen molar-refractivity contribution in [1.82, 2.24) is 5.32 Å². The van der Waals surface area contributed by atoms with E-state index in [0.29, 0.717) is 0 Å². The predicted octanol–water partition coefficient (Wildman–Crippen LogP) is 1.98. The van der Waals surface area contributed by atoms with Gasteiger partial charge in [0, 0.05) is 6.54 Å². The van der Waals surface area contributed by atoms with Crippen molar-refractivity contribution >= 4 is 5.57 Å². The number of hydrogen-bond donors (Lipinski definition) is 1. The molecule has 0 atom stereocenters. The molecule has 0 bridgehead atoms. The second kappa shape index (κ2) is 3.30. The molecule has 0 radical (unpaired) electrons.